The Morgan fingerprint density at radius 1 is 1.00 bits per heavy atom. The molecule has 1 N–H and O–H groups in total. The van der Waals surface area contributed by atoms with Crippen LogP contribution in [0.15, 0.2) is 41.1 Å². The maximum Gasteiger partial charge on any atom is 0.162 e. The van der Waals surface area contributed by atoms with E-state index in [1.165, 1.54) is 6.33 Å². The van der Waals surface area contributed by atoms with Crippen LogP contribution in [0.2, 0.25) is 0 Å². The second-order valence-corrected chi connectivity index (χ2v) is 5.47. The van der Waals surface area contributed by atoms with Crippen molar-refractivity contribution in [2.45, 2.75) is 0 Å². The van der Waals surface area contributed by atoms with Gasteiger partial charge in [0.1, 0.15) is 12.1 Å². The molecule has 0 aliphatic rings. The molecule has 1 aromatic heterocycles. The molecule has 0 saturated heterocycles. The maximum atomic E-state index is 9.64. The largest absolute Gasteiger partial charge is 0.507 e. The van der Waals surface area contributed by atoms with Crippen LogP contribution in [0.25, 0.3) is 22.2 Å². The van der Waals surface area contributed by atoms with Crippen molar-refractivity contribution in [3.8, 4) is 28.5 Å². The van der Waals surface area contributed by atoms with Gasteiger partial charge in [-0.05, 0) is 40.2 Å². The summed E-state index contributed by atoms with van der Waals surface area (Å²) in [6.07, 6.45) is 1.50. The molecule has 0 fully saturated rings. The van der Waals surface area contributed by atoms with Crippen molar-refractivity contribution >= 4 is 26.8 Å². The van der Waals surface area contributed by atoms with Crippen molar-refractivity contribution in [3.05, 3.63) is 41.1 Å². The molecular formula is C16H13BrN2O3. The van der Waals surface area contributed by atoms with E-state index in [0.29, 0.717) is 16.0 Å². The summed E-state index contributed by atoms with van der Waals surface area (Å²) < 4.78 is 11.3. The Hall–Kier alpha value is -2.34. The molecule has 3 rings (SSSR count). The van der Waals surface area contributed by atoms with Crippen LogP contribution in [0.5, 0.6) is 17.2 Å². The van der Waals surface area contributed by atoms with E-state index >= 15 is 0 Å². The molecule has 1 heterocycles. The molecule has 0 aliphatic carbocycles. The number of phenols is 1. The van der Waals surface area contributed by atoms with E-state index in [-0.39, 0.29) is 5.75 Å². The van der Waals surface area contributed by atoms with Crippen LogP contribution in [0.3, 0.4) is 0 Å². The molecule has 5 nitrogen and oxygen atoms in total. The lowest BCUT2D eigenvalue weighted by Crippen LogP contribution is -1.94. The lowest BCUT2D eigenvalue weighted by atomic mass is 10.1. The van der Waals surface area contributed by atoms with Gasteiger partial charge >= 0.3 is 0 Å². The van der Waals surface area contributed by atoms with Crippen LogP contribution >= 0.6 is 15.9 Å². The fraction of sp³-hybridized carbons (Fsp3) is 0.125. The first-order valence-corrected chi connectivity index (χ1v) is 7.29. The molecule has 0 unspecified atom stereocenters. The number of phenolic OH excluding ortho intramolecular Hbond substituents is 1. The highest BCUT2D eigenvalue weighted by atomic mass is 79.9. The number of hydrogen-bond donors (Lipinski definition) is 1. The third-order valence-electron chi connectivity index (χ3n) is 3.36. The highest BCUT2D eigenvalue weighted by Crippen LogP contribution is 2.36. The Labute approximate surface area is 135 Å². The second-order valence-electron chi connectivity index (χ2n) is 4.61. The van der Waals surface area contributed by atoms with Crippen LogP contribution in [0, 0.1) is 0 Å². The third-order valence-corrected chi connectivity index (χ3v) is 4.00. The third kappa shape index (κ3) is 2.46. The predicted molar refractivity (Wildman–Crippen MR) is 87.4 cm³/mol. The van der Waals surface area contributed by atoms with Crippen molar-refractivity contribution in [2.75, 3.05) is 14.2 Å². The molecule has 22 heavy (non-hydrogen) atoms. The Kier molecular flexibility index (Phi) is 3.85. The van der Waals surface area contributed by atoms with Crippen molar-refractivity contribution < 1.29 is 14.6 Å². The highest BCUT2D eigenvalue weighted by Gasteiger charge is 2.13. The summed E-state index contributed by atoms with van der Waals surface area (Å²) in [5.74, 6) is 1.41. The number of rotatable bonds is 3. The fourth-order valence-electron chi connectivity index (χ4n) is 2.27. The van der Waals surface area contributed by atoms with Crippen LogP contribution in [-0.4, -0.2) is 29.3 Å². The van der Waals surface area contributed by atoms with Gasteiger partial charge in [0.05, 0.1) is 29.9 Å². The SMILES string of the molecule is COc1cc2ncnc(-c3ccc(O)c(Br)c3)c2cc1OC. The molecule has 0 bridgehead atoms. The fourth-order valence-corrected chi connectivity index (χ4v) is 2.65. The van der Waals surface area contributed by atoms with Crippen molar-refractivity contribution in [1.29, 1.82) is 0 Å². The summed E-state index contributed by atoms with van der Waals surface area (Å²) in [5.41, 5.74) is 2.38. The van der Waals surface area contributed by atoms with Gasteiger partial charge in [-0.2, -0.15) is 0 Å². The first-order valence-electron chi connectivity index (χ1n) is 6.49. The summed E-state index contributed by atoms with van der Waals surface area (Å²) in [6.45, 7) is 0. The summed E-state index contributed by atoms with van der Waals surface area (Å²) >= 11 is 3.32. The van der Waals surface area contributed by atoms with Gasteiger partial charge in [-0.15, -0.1) is 0 Å². The van der Waals surface area contributed by atoms with Gasteiger partial charge in [0, 0.05) is 17.0 Å². The van der Waals surface area contributed by atoms with Gasteiger partial charge in [0.15, 0.2) is 11.5 Å². The Bertz CT molecular complexity index is 852. The zero-order valence-corrected chi connectivity index (χ0v) is 13.6. The lowest BCUT2D eigenvalue weighted by molar-refractivity contribution is 0.356. The molecule has 0 saturated carbocycles. The predicted octanol–water partition coefficient (Wildman–Crippen LogP) is 3.78. The Morgan fingerprint density at radius 3 is 2.41 bits per heavy atom. The number of methoxy groups -OCH3 is 2. The minimum Gasteiger partial charge on any atom is -0.507 e. The minimum absolute atomic E-state index is 0.182. The standard InChI is InChI=1S/C16H13BrN2O3/c1-21-14-6-10-12(7-15(14)22-2)18-8-19-16(10)9-3-4-13(20)11(17)5-9/h3-8,20H,1-2H3. The summed E-state index contributed by atoms with van der Waals surface area (Å²) in [4.78, 5) is 8.65. The number of aromatic nitrogens is 2. The number of nitrogens with zero attached hydrogens (tertiary/aromatic N) is 2. The summed E-state index contributed by atoms with van der Waals surface area (Å²) in [6, 6.07) is 8.90. The number of aromatic hydroxyl groups is 1. The zero-order valence-electron chi connectivity index (χ0n) is 12.0. The number of hydrogen-bond acceptors (Lipinski definition) is 5. The van der Waals surface area contributed by atoms with Gasteiger partial charge in [0.2, 0.25) is 0 Å². The van der Waals surface area contributed by atoms with Crippen LogP contribution in [0.1, 0.15) is 0 Å². The van der Waals surface area contributed by atoms with E-state index in [0.717, 1.165) is 22.2 Å². The van der Waals surface area contributed by atoms with E-state index in [1.807, 2.05) is 18.2 Å². The van der Waals surface area contributed by atoms with Crippen LogP contribution < -0.4 is 9.47 Å². The molecule has 0 radical (unpaired) electrons. The maximum absolute atomic E-state index is 9.64. The highest BCUT2D eigenvalue weighted by molar-refractivity contribution is 9.10. The molecule has 0 amide bonds. The van der Waals surface area contributed by atoms with E-state index in [2.05, 4.69) is 25.9 Å². The van der Waals surface area contributed by atoms with E-state index in [1.54, 1.807) is 26.4 Å². The minimum atomic E-state index is 0.182. The lowest BCUT2D eigenvalue weighted by Gasteiger charge is -2.11. The number of benzene rings is 2. The molecular weight excluding hydrogens is 348 g/mol. The van der Waals surface area contributed by atoms with Gasteiger partial charge in [-0.3, -0.25) is 0 Å². The van der Waals surface area contributed by atoms with Crippen molar-refractivity contribution in [2.24, 2.45) is 0 Å². The summed E-state index contributed by atoms with van der Waals surface area (Å²) in [5, 5.41) is 10.5. The monoisotopic (exact) mass is 360 g/mol. The molecule has 0 aliphatic heterocycles. The average Bonchev–Trinajstić information content (AvgIpc) is 2.55. The quantitative estimate of drug-likeness (QED) is 0.769. The second kappa shape index (κ2) is 5.81. The normalized spacial score (nSPS) is 10.7. The number of fused-ring (bicyclic) bond motifs is 1. The van der Waals surface area contributed by atoms with Gasteiger partial charge in [-0.25, -0.2) is 9.97 Å². The van der Waals surface area contributed by atoms with Gasteiger partial charge < -0.3 is 14.6 Å². The molecule has 6 heteroatoms. The van der Waals surface area contributed by atoms with Crippen LogP contribution in [-0.2, 0) is 0 Å². The van der Waals surface area contributed by atoms with E-state index in [9.17, 15) is 5.11 Å². The Balaban J connectivity index is 2.27. The molecule has 2 aromatic carbocycles. The number of ether oxygens (including phenoxy) is 2. The van der Waals surface area contributed by atoms with Gasteiger partial charge in [0.25, 0.3) is 0 Å². The first-order chi connectivity index (χ1) is 10.6. The van der Waals surface area contributed by atoms with Gasteiger partial charge in [-0.1, -0.05) is 0 Å². The molecule has 0 atom stereocenters. The van der Waals surface area contributed by atoms with E-state index < -0.39 is 0 Å². The molecule has 0 spiro atoms. The first kappa shape index (κ1) is 14.6. The number of halogens is 1. The van der Waals surface area contributed by atoms with Crippen molar-refractivity contribution in [1.82, 2.24) is 9.97 Å². The molecule has 112 valence electrons. The average molecular weight is 361 g/mol. The van der Waals surface area contributed by atoms with E-state index in [4.69, 9.17) is 9.47 Å². The topological polar surface area (TPSA) is 64.5 Å². The Morgan fingerprint density at radius 2 is 1.73 bits per heavy atom. The summed E-state index contributed by atoms with van der Waals surface area (Å²) in [7, 11) is 3.17. The van der Waals surface area contributed by atoms with Crippen LogP contribution in [0.4, 0.5) is 0 Å². The smallest absolute Gasteiger partial charge is 0.162 e. The zero-order chi connectivity index (χ0) is 15.7. The molecule has 3 aromatic rings. The van der Waals surface area contributed by atoms with Crippen molar-refractivity contribution in [3.63, 3.8) is 0 Å².